The number of pyridine rings is 1. The molecule has 0 aromatic carbocycles. The monoisotopic (exact) mass is 245 g/mol. The van der Waals surface area contributed by atoms with Crippen molar-refractivity contribution in [3.05, 3.63) is 35.7 Å². The van der Waals surface area contributed by atoms with Crippen LogP contribution < -0.4 is 11.1 Å². The number of aromatic nitrogens is 1. The van der Waals surface area contributed by atoms with Crippen molar-refractivity contribution in [2.75, 3.05) is 12.3 Å². The molecule has 18 heavy (non-hydrogen) atoms. The van der Waals surface area contributed by atoms with Crippen LogP contribution in [0.15, 0.2) is 30.1 Å². The highest BCUT2D eigenvalue weighted by Gasteiger charge is 2.07. The molecule has 0 bridgehead atoms. The Hall–Kier alpha value is -1.84. The molecular weight excluding hydrogens is 226 g/mol. The average Bonchev–Trinajstić information content (AvgIpc) is 2.40. The number of nitrogen functional groups attached to an aromatic ring is 1. The first-order valence-corrected chi connectivity index (χ1v) is 6.42. The van der Waals surface area contributed by atoms with Crippen LogP contribution in [0.3, 0.4) is 0 Å². The summed E-state index contributed by atoms with van der Waals surface area (Å²) in [7, 11) is 0. The van der Waals surface area contributed by atoms with Crippen LogP contribution in [0, 0.1) is 0 Å². The number of carbonyl (C=O) groups is 1. The normalized spacial score (nSPS) is 15.0. The highest BCUT2D eigenvalue weighted by atomic mass is 16.1. The molecule has 0 saturated heterocycles. The molecule has 1 aliphatic rings. The van der Waals surface area contributed by atoms with Crippen molar-refractivity contribution in [2.24, 2.45) is 0 Å². The first-order valence-electron chi connectivity index (χ1n) is 6.42. The van der Waals surface area contributed by atoms with E-state index in [-0.39, 0.29) is 5.91 Å². The lowest BCUT2D eigenvalue weighted by Gasteiger charge is -2.12. The minimum atomic E-state index is -0.105. The summed E-state index contributed by atoms with van der Waals surface area (Å²) in [4.78, 5) is 15.7. The zero-order chi connectivity index (χ0) is 12.8. The lowest BCUT2D eigenvalue weighted by atomic mass is 9.97. The Labute approximate surface area is 107 Å². The van der Waals surface area contributed by atoms with Crippen molar-refractivity contribution >= 4 is 11.6 Å². The number of nitrogens with zero attached hydrogens (tertiary/aromatic N) is 1. The summed E-state index contributed by atoms with van der Waals surface area (Å²) in [6.07, 6.45) is 11.2. The molecule has 0 aliphatic heterocycles. The van der Waals surface area contributed by atoms with E-state index in [9.17, 15) is 4.79 Å². The van der Waals surface area contributed by atoms with E-state index in [1.165, 1.54) is 43.7 Å². The van der Waals surface area contributed by atoms with Gasteiger partial charge in [0.2, 0.25) is 0 Å². The van der Waals surface area contributed by atoms with Gasteiger partial charge < -0.3 is 11.1 Å². The number of nitrogens with one attached hydrogen (secondary N) is 1. The standard InChI is InChI=1S/C14H19N3O/c15-13-8-12(9-16-10-13)14(18)17-7-6-11-4-2-1-3-5-11/h4,8-10H,1-3,5-7,15H2,(H,17,18). The van der Waals surface area contributed by atoms with Gasteiger partial charge in [0.15, 0.2) is 0 Å². The number of carbonyl (C=O) groups excluding carboxylic acids is 1. The van der Waals surface area contributed by atoms with Gasteiger partial charge in [-0.2, -0.15) is 0 Å². The van der Waals surface area contributed by atoms with Gasteiger partial charge in [-0.1, -0.05) is 11.6 Å². The fourth-order valence-corrected chi connectivity index (χ4v) is 2.15. The van der Waals surface area contributed by atoms with Crippen molar-refractivity contribution in [3.63, 3.8) is 0 Å². The molecule has 3 N–H and O–H groups in total. The van der Waals surface area contributed by atoms with E-state index in [2.05, 4.69) is 16.4 Å². The molecular formula is C14H19N3O. The molecule has 4 heteroatoms. The van der Waals surface area contributed by atoms with E-state index in [1.807, 2.05) is 0 Å². The second kappa shape index (κ2) is 6.19. The molecule has 0 spiro atoms. The van der Waals surface area contributed by atoms with Crippen molar-refractivity contribution in [1.29, 1.82) is 0 Å². The zero-order valence-corrected chi connectivity index (χ0v) is 10.5. The Morgan fingerprint density at radius 3 is 3.00 bits per heavy atom. The summed E-state index contributed by atoms with van der Waals surface area (Å²) in [6.45, 7) is 0.680. The first-order chi connectivity index (χ1) is 8.75. The van der Waals surface area contributed by atoms with Crippen molar-refractivity contribution < 1.29 is 4.79 Å². The number of hydrogen-bond acceptors (Lipinski definition) is 3. The second-order valence-electron chi connectivity index (χ2n) is 4.62. The van der Waals surface area contributed by atoms with E-state index in [0.29, 0.717) is 17.8 Å². The lowest BCUT2D eigenvalue weighted by Crippen LogP contribution is -2.25. The third kappa shape index (κ3) is 3.58. The van der Waals surface area contributed by atoms with Gasteiger partial charge in [0.1, 0.15) is 0 Å². The fraction of sp³-hybridized carbons (Fsp3) is 0.429. The largest absolute Gasteiger partial charge is 0.397 e. The van der Waals surface area contributed by atoms with Gasteiger partial charge in [-0.05, 0) is 38.2 Å². The van der Waals surface area contributed by atoms with Crippen molar-refractivity contribution in [1.82, 2.24) is 10.3 Å². The van der Waals surface area contributed by atoms with E-state index in [1.54, 1.807) is 6.07 Å². The highest BCUT2D eigenvalue weighted by Crippen LogP contribution is 2.19. The molecule has 1 amide bonds. The van der Waals surface area contributed by atoms with Gasteiger partial charge in [-0.25, -0.2) is 0 Å². The Bertz CT molecular complexity index is 454. The zero-order valence-electron chi connectivity index (χ0n) is 10.5. The quantitative estimate of drug-likeness (QED) is 0.800. The SMILES string of the molecule is Nc1cncc(C(=O)NCCC2=CCCCC2)c1. The summed E-state index contributed by atoms with van der Waals surface area (Å²) in [5.41, 5.74) is 8.09. The summed E-state index contributed by atoms with van der Waals surface area (Å²) < 4.78 is 0. The average molecular weight is 245 g/mol. The number of nitrogens with two attached hydrogens (primary N) is 1. The van der Waals surface area contributed by atoms with E-state index < -0.39 is 0 Å². The Kier molecular flexibility index (Phi) is 4.34. The predicted molar refractivity (Wildman–Crippen MR) is 72.2 cm³/mol. The van der Waals surface area contributed by atoms with Crippen LogP contribution in [0.5, 0.6) is 0 Å². The number of allylic oxidation sites excluding steroid dienone is 1. The maximum absolute atomic E-state index is 11.8. The molecule has 0 unspecified atom stereocenters. The lowest BCUT2D eigenvalue weighted by molar-refractivity contribution is 0.0953. The molecule has 1 aromatic rings. The summed E-state index contributed by atoms with van der Waals surface area (Å²) in [5.74, 6) is -0.105. The van der Waals surface area contributed by atoms with E-state index in [4.69, 9.17) is 5.73 Å². The first kappa shape index (κ1) is 12.6. The minimum Gasteiger partial charge on any atom is -0.397 e. The van der Waals surface area contributed by atoms with E-state index >= 15 is 0 Å². The summed E-state index contributed by atoms with van der Waals surface area (Å²) in [6, 6.07) is 1.64. The Balaban J connectivity index is 1.79. The van der Waals surface area contributed by atoms with Gasteiger partial charge in [-0.15, -0.1) is 0 Å². The maximum atomic E-state index is 11.8. The van der Waals surface area contributed by atoms with Crippen LogP contribution in [-0.4, -0.2) is 17.4 Å². The molecule has 0 radical (unpaired) electrons. The van der Waals surface area contributed by atoms with Gasteiger partial charge in [0, 0.05) is 18.9 Å². The van der Waals surface area contributed by atoms with Crippen LogP contribution >= 0.6 is 0 Å². The van der Waals surface area contributed by atoms with Gasteiger partial charge in [0.25, 0.3) is 5.91 Å². The van der Waals surface area contributed by atoms with Gasteiger partial charge >= 0.3 is 0 Å². The molecule has 0 atom stereocenters. The van der Waals surface area contributed by atoms with Gasteiger partial charge in [-0.3, -0.25) is 9.78 Å². The molecule has 1 heterocycles. The highest BCUT2D eigenvalue weighted by molar-refractivity contribution is 5.94. The Morgan fingerprint density at radius 2 is 2.28 bits per heavy atom. The fourth-order valence-electron chi connectivity index (χ4n) is 2.15. The number of anilines is 1. The number of amides is 1. The van der Waals surface area contributed by atoms with Crippen LogP contribution in [0.1, 0.15) is 42.5 Å². The summed E-state index contributed by atoms with van der Waals surface area (Å²) in [5, 5.41) is 2.90. The van der Waals surface area contributed by atoms with Crippen LogP contribution in [0.25, 0.3) is 0 Å². The predicted octanol–water partition coefficient (Wildman–Crippen LogP) is 2.28. The Morgan fingerprint density at radius 1 is 1.39 bits per heavy atom. The topological polar surface area (TPSA) is 68.0 Å². The minimum absolute atomic E-state index is 0.105. The number of hydrogen-bond donors (Lipinski definition) is 2. The smallest absolute Gasteiger partial charge is 0.252 e. The number of rotatable bonds is 4. The maximum Gasteiger partial charge on any atom is 0.252 e. The molecule has 2 rings (SSSR count). The van der Waals surface area contributed by atoms with Crippen molar-refractivity contribution in [2.45, 2.75) is 32.1 Å². The molecule has 1 aromatic heterocycles. The molecule has 0 fully saturated rings. The van der Waals surface area contributed by atoms with Crippen LogP contribution in [0.4, 0.5) is 5.69 Å². The third-order valence-electron chi connectivity index (χ3n) is 3.14. The van der Waals surface area contributed by atoms with Gasteiger partial charge in [0.05, 0.1) is 11.3 Å². The molecule has 96 valence electrons. The molecule has 4 nitrogen and oxygen atoms in total. The second-order valence-corrected chi connectivity index (χ2v) is 4.62. The van der Waals surface area contributed by atoms with Crippen molar-refractivity contribution in [3.8, 4) is 0 Å². The van der Waals surface area contributed by atoms with Crippen LogP contribution in [-0.2, 0) is 0 Å². The van der Waals surface area contributed by atoms with Crippen LogP contribution in [0.2, 0.25) is 0 Å². The molecule has 1 aliphatic carbocycles. The third-order valence-corrected chi connectivity index (χ3v) is 3.14. The summed E-state index contributed by atoms with van der Waals surface area (Å²) >= 11 is 0. The van der Waals surface area contributed by atoms with E-state index in [0.717, 1.165) is 6.42 Å². The molecule has 0 saturated carbocycles.